The van der Waals surface area contributed by atoms with Crippen LogP contribution in [-0.4, -0.2) is 65.2 Å². The van der Waals surface area contributed by atoms with Gasteiger partial charge in [0.05, 0.1) is 6.20 Å². The Labute approximate surface area is 255 Å². The molecule has 0 fully saturated rings. The minimum atomic E-state index is -1.02. The highest BCUT2D eigenvalue weighted by atomic mass is 79.9. The number of hydrogen-bond acceptors (Lipinski definition) is 12. The molecular formula is C28H32BrN7O7. The molecule has 3 aromatic heterocycles. The molecule has 1 aromatic carbocycles. The van der Waals surface area contributed by atoms with Crippen LogP contribution >= 0.6 is 15.9 Å². The average molecular weight is 659 g/mol. The van der Waals surface area contributed by atoms with Crippen molar-refractivity contribution in [3.63, 3.8) is 0 Å². The van der Waals surface area contributed by atoms with Gasteiger partial charge in [-0.2, -0.15) is 4.90 Å². The lowest BCUT2D eigenvalue weighted by atomic mass is 10.1. The maximum Gasteiger partial charge on any atom is 0.437 e. The molecule has 15 heteroatoms. The minimum absolute atomic E-state index is 0.0155. The molecule has 3 heterocycles. The largest absolute Gasteiger partial charge is 0.443 e. The Morgan fingerprint density at radius 3 is 2.07 bits per heavy atom. The summed E-state index contributed by atoms with van der Waals surface area (Å²) in [7, 11) is 0. The summed E-state index contributed by atoms with van der Waals surface area (Å²) < 4.78 is 23.3. The van der Waals surface area contributed by atoms with Gasteiger partial charge in [-0.05, 0) is 90.4 Å². The topological polar surface area (TPSA) is 165 Å². The first-order valence-corrected chi connectivity index (χ1v) is 14.0. The van der Waals surface area contributed by atoms with Gasteiger partial charge in [0, 0.05) is 11.6 Å². The molecule has 0 saturated carbocycles. The number of carbonyl (C=O) groups excluding carboxylic acids is 3. The lowest BCUT2D eigenvalue weighted by Crippen LogP contribution is -2.44. The Hall–Kier alpha value is -4.40. The van der Waals surface area contributed by atoms with E-state index in [0.29, 0.717) is 31.8 Å². The number of aromatic nitrogens is 6. The van der Waals surface area contributed by atoms with E-state index in [4.69, 9.17) is 18.7 Å². The van der Waals surface area contributed by atoms with E-state index >= 15 is 0 Å². The first-order chi connectivity index (χ1) is 19.8. The highest BCUT2D eigenvalue weighted by Crippen LogP contribution is 2.34. The number of rotatable bonds is 3. The number of halogens is 1. The summed E-state index contributed by atoms with van der Waals surface area (Å²) in [5, 5.41) is 12.1. The van der Waals surface area contributed by atoms with Crippen LogP contribution in [0.2, 0.25) is 0 Å². The van der Waals surface area contributed by atoms with Crippen LogP contribution in [0.1, 0.15) is 62.3 Å². The van der Waals surface area contributed by atoms with Crippen molar-refractivity contribution in [2.24, 2.45) is 0 Å². The molecule has 0 aliphatic heterocycles. The highest BCUT2D eigenvalue weighted by Gasteiger charge is 2.36. The van der Waals surface area contributed by atoms with Crippen molar-refractivity contribution < 1.29 is 33.1 Å². The number of anilines is 1. The fourth-order valence-corrected chi connectivity index (χ4v) is 3.88. The molecule has 0 N–H and O–H groups in total. The molecule has 0 aliphatic rings. The maximum atomic E-state index is 13.3. The second-order valence-corrected chi connectivity index (χ2v) is 13.2. The first-order valence-electron chi connectivity index (χ1n) is 13.2. The van der Waals surface area contributed by atoms with E-state index in [-0.39, 0.29) is 17.3 Å². The summed E-state index contributed by atoms with van der Waals surface area (Å²) in [6, 6.07) is 6.59. The van der Waals surface area contributed by atoms with E-state index in [1.807, 2.05) is 0 Å². The minimum Gasteiger partial charge on any atom is -0.443 e. The fraction of sp³-hybridized carbons (Fsp3) is 0.429. The third kappa shape index (κ3) is 7.71. The zero-order valence-electron chi connectivity index (χ0n) is 25.3. The molecule has 4 rings (SSSR count). The number of amides is 2. The van der Waals surface area contributed by atoms with Gasteiger partial charge in [-0.25, -0.2) is 24.4 Å². The van der Waals surface area contributed by atoms with Crippen LogP contribution in [0.4, 0.5) is 20.2 Å². The van der Waals surface area contributed by atoms with E-state index in [0.717, 1.165) is 4.68 Å². The normalized spacial score (nSPS) is 12.2. The molecule has 4 aromatic rings. The number of fused-ring (bicyclic) bond motifs is 1. The standard InChI is InChI=1S/C28H32BrN7O7/c1-26(2,3)40-23(37)35(24(38)41-27(4,5)6)22-21(31-20(29)14-30-22)19-13-16(33-43-19)15-10-11-18-17(12-15)32-34-36(18)25(39)42-28(7,8)9/h10-14H,1-9H3. The van der Waals surface area contributed by atoms with Crippen LogP contribution in [0.3, 0.4) is 0 Å². The third-order valence-corrected chi connectivity index (χ3v) is 5.52. The lowest BCUT2D eigenvalue weighted by Gasteiger charge is -2.28. The molecule has 0 aliphatic carbocycles. The van der Waals surface area contributed by atoms with Crippen molar-refractivity contribution in [2.45, 2.75) is 79.1 Å². The van der Waals surface area contributed by atoms with Crippen LogP contribution in [0.5, 0.6) is 0 Å². The Bertz CT molecular complexity index is 1670. The van der Waals surface area contributed by atoms with Gasteiger partial charge < -0.3 is 18.7 Å². The van der Waals surface area contributed by atoms with E-state index in [9.17, 15) is 14.4 Å². The number of ether oxygens (including phenoxy) is 3. The summed E-state index contributed by atoms with van der Waals surface area (Å²) >= 11 is 3.28. The molecule has 14 nitrogen and oxygen atoms in total. The van der Waals surface area contributed by atoms with Crippen LogP contribution < -0.4 is 4.90 Å². The predicted octanol–water partition coefficient (Wildman–Crippen LogP) is 6.77. The summed E-state index contributed by atoms with van der Waals surface area (Å²) in [5.41, 5.74) is -0.737. The van der Waals surface area contributed by atoms with Gasteiger partial charge in [0.1, 0.15) is 38.1 Å². The van der Waals surface area contributed by atoms with Gasteiger partial charge in [0.25, 0.3) is 0 Å². The lowest BCUT2D eigenvalue weighted by molar-refractivity contribution is 0.0426. The summed E-state index contributed by atoms with van der Waals surface area (Å²) in [6.07, 6.45) is -1.37. The smallest absolute Gasteiger partial charge is 0.437 e. The van der Waals surface area contributed by atoms with Crippen molar-refractivity contribution in [3.8, 4) is 22.7 Å². The van der Waals surface area contributed by atoms with Gasteiger partial charge >= 0.3 is 18.3 Å². The number of hydrogen-bond donors (Lipinski definition) is 0. The van der Waals surface area contributed by atoms with Crippen molar-refractivity contribution in [3.05, 3.63) is 35.1 Å². The quantitative estimate of drug-likeness (QED) is 0.213. The van der Waals surface area contributed by atoms with E-state index in [2.05, 4.69) is 41.4 Å². The first kappa shape index (κ1) is 31.5. The Morgan fingerprint density at radius 2 is 1.49 bits per heavy atom. The molecule has 43 heavy (non-hydrogen) atoms. The molecule has 228 valence electrons. The average Bonchev–Trinajstić information content (AvgIpc) is 3.49. The van der Waals surface area contributed by atoms with Crippen LogP contribution in [-0.2, 0) is 14.2 Å². The summed E-state index contributed by atoms with van der Waals surface area (Å²) in [4.78, 5) is 48.4. The molecule has 0 spiro atoms. The number of carbonyl (C=O) groups is 3. The molecule has 0 bridgehead atoms. The van der Waals surface area contributed by atoms with Crippen LogP contribution in [0, 0.1) is 0 Å². The zero-order chi connectivity index (χ0) is 31.9. The van der Waals surface area contributed by atoms with Crippen molar-refractivity contribution in [2.75, 3.05) is 4.90 Å². The predicted molar refractivity (Wildman–Crippen MR) is 158 cm³/mol. The van der Waals surface area contributed by atoms with E-state index in [1.165, 1.54) is 6.20 Å². The van der Waals surface area contributed by atoms with Crippen LogP contribution in [0.25, 0.3) is 33.7 Å². The third-order valence-electron chi connectivity index (χ3n) is 5.14. The van der Waals surface area contributed by atoms with Gasteiger partial charge in [0.2, 0.25) is 0 Å². The Morgan fingerprint density at radius 1 is 0.884 bits per heavy atom. The summed E-state index contributed by atoms with van der Waals surface area (Å²) in [5.74, 6) is -0.0985. The van der Waals surface area contributed by atoms with Gasteiger partial charge in [-0.1, -0.05) is 16.4 Å². The van der Waals surface area contributed by atoms with Gasteiger partial charge in [-0.3, -0.25) is 0 Å². The second kappa shape index (κ2) is 11.4. The van der Waals surface area contributed by atoms with Gasteiger partial charge in [-0.15, -0.1) is 9.78 Å². The van der Waals surface area contributed by atoms with Gasteiger partial charge in [0.15, 0.2) is 17.3 Å². The van der Waals surface area contributed by atoms with Crippen molar-refractivity contribution in [1.29, 1.82) is 0 Å². The number of imide groups is 1. The SMILES string of the molecule is CC(C)(C)OC(=O)N(C(=O)OC(C)(C)C)c1ncc(Br)nc1-c1cc(-c2ccc3c(c2)nnn3C(=O)OC(C)(C)C)no1. The van der Waals surface area contributed by atoms with E-state index in [1.54, 1.807) is 86.6 Å². The molecule has 0 saturated heterocycles. The number of nitrogens with zero attached hydrogens (tertiary/aromatic N) is 7. The fourth-order valence-electron chi connectivity index (χ4n) is 3.60. The van der Waals surface area contributed by atoms with Crippen molar-refractivity contribution >= 4 is 51.1 Å². The Kier molecular flexibility index (Phi) is 8.33. The van der Waals surface area contributed by atoms with Crippen LogP contribution in [0.15, 0.2) is 39.6 Å². The molecule has 0 unspecified atom stereocenters. The Balaban J connectivity index is 1.74. The second-order valence-electron chi connectivity index (χ2n) is 12.4. The van der Waals surface area contributed by atoms with E-state index < -0.39 is 35.1 Å². The number of benzene rings is 1. The zero-order valence-corrected chi connectivity index (χ0v) is 26.8. The highest BCUT2D eigenvalue weighted by molar-refractivity contribution is 9.10. The molecule has 2 amide bonds. The maximum absolute atomic E-state index is 13.3. The van der Waals surface area contributed by atoms with Crippen molar-refractivity contribution in [1.82, 2.24) is 30.1 Å². The molecule has 0 radical (unpaired) electrons. The molecular weight excluding hydrogens is 626 g/mol. The molecule has 0 atom stereocenters. The summed E-state index contributed by atoms with van der Waals surface area (Å²) in [6.45, 7) is 15.3. The monoisotopic (exact) mass is 657 g/mol.